The van der Waals surface area contributed by atoms with E-state index in [0.717, 1.165) is 28.8 Å². The molecule has 0 saturated heterocycles. The molecule has 1 heterocycles. The molecule has 7 heteroatoms. The van der Waals surface area contributed by atoms with Gasteiger partial charge >= 0.3 is 0 Å². The molecule has 0 amide bonds. The number of aryl methyl sites for hydroxylation is 2. The molecule has 23 heavy (non-hydrogen) atoms. The van der Waals surface area contributed by atoms with Crippen LogP contribution in [0, 0.1) is 13.8 Å². The van der Waals surface area contributed by atoms with Crippen LogP contribution in [0.15, 0.2) is 28.8 Å². The van der Waals surface area contributed by atoms with E-state index in [0.29, 0.717) is 5.69 Å². The van der Waals surface area contributed by atoms with E-state index in [1.54, 1.807) is 12.1 Å². The van der Waals surface area contributed by atoms with E-state index in [4.69, 9.17) is 4.52 Å². The van der Waals surface area contributed by atoms with Gasteiger partial charge in [-0.2, -0.15) is 0 Å². The van der Waals surface area contributed by atoms with Crippen LogP contribution in [0.5, 0.6) is 0 Å². The third-order valence-corrected chi connectivity index (χ3v) is 4.34. The van der Waals surface area contributed by atoms with Crippen LogP contribution in [-0.4, -0.2) is 19.8 Å². The summed E-state index contributed by atoms with van der Waals surface area (Å²) >= 11 is 0. The van der Waals surface area contributed by atoms with E-state index >= 15 is 0 Å². The van der Waals surface area contributed by atoms with Gasteiger partial charge in [0.1, 0.15) is 5.76 Å². The lowest BCUT2D eigenvalue weighted by Crippen LogP contribution is -2.23. The lowest BCUT2D eigenvalue weighted by atomic mass is 10.0. The predicted octanol–water partition coefficient (Wildman–Crippen LogP) is 3.07. The smallest absolute Gasteiger partial charge is 0.229 e. The number of sulfonamides is 1. The summed E-state index contributed by atoms with van der Waals surface area (Å²) in [5, 5.41) is 7.49. The van der Waals surface area contributed by atoms with Gasteiger partial charge in [0.15, 0.2) is 0 Å². The molecule has 2 atom stereocenters. The third-order valence-electron chi connectivity index (χ3n) is 3.74. The van der Waals surface area contributed by atoms with Gasteiger partial charge in [0, 0.05) is 23.3 Å². The fourth-order valence-electron chi connectivity index (χ4n) is 2.72. The zero-order valence-corrected chi connectivity index (χ0v) is 14.9. The Morgan fingerprint density at radius 2 is 1.70 bits per heavy atom. The SMILES string of the molecule is Cc1noc(C)c1[C@H](C)N[C@H](C)c1ccc(NS(C)(=O)=O)cc1. The van der Waals surface area contributed by atoms with Crippen molar-refractivity contribution in [2.75, 3.05) is 11.0 Å². The largest absolute Gasteiger partial charge is 0.361 e. The first-order chi connectivity index (χ1) is 10.7. The summed E-state index contributed by atoms with van der Waals surface area (Å²) in [7, 11) is -3.25. The van der Waals surface area contributed by atoms with Gasteiger partial charge in [0.2, 0.25) is 10.0 Å². The Hall–Kier alpha value is -1.86. The average molecular weight is 337 g/mol. The molecule has 0 saturated carbocycles. The lowest BCUT2D eigenvalue weighted by Gasteiger charge is -2.20. The van der Waals surface area contributed by atoms with Crippen molar-refractivity contribution in [3.63, 3.8) is 0 Å². The van der Waals surface area contributed by atoms with Crippen molar-refractivity contribution in [2.24, 2.45) is 0 Å². The Morgan fingerprint density at radius 3 is 2.17 bits per heavy atom. The maximum absolute atomic E-state index is 11.2. The van der Waals surface area contributed by atoms with Crippen LogP contribution in [0.2, 0.25) is 0 Å². The van der Waals surface area contributed by atoms with Gasteiger partial charge < -0.3 is 9.84 Å². The van der Waals surface area contributed by atoms with Crippen LogP contribution in [0.3, 0.4) is 0 Å². The van der Waals surface area contributed by atoms with Crippen LogP contribution in [-0.2, 0) is 10.0 Å². The number of benzene rings is 1. The molecule has 1 aromatic heterocycles. The Morgan fingerprint density at radius 1 is 1.09 bits per heavy atom. The minimum atomic E-state index is -3.25. The molecule has 0 unspecified atom stereocenters. The van der Waals surface area contributed by atoms with Crippen LogP contribution in [0.1, 0.15) is 48.5 Å². The summed E-state index contributed by atoms with van der Waals surface area (Å²) < 4.78 is 30.1. The molecule has 0 spiro atoms. The Kier molecular flexibility index (Phi) is 5.11. The number of hydrogen-bond donors (Lipinski definition) is 2. The highest BCUT2D eigenvalue weighted by Gasteiger charge is 2.18. The van der Waals surface area contributed by atoms with Crippen molar-refractivity contribution in [2.45, 2.75) is 39.8 Å². The second-order valence-electron chi connectivity index (χ2n) is 5.84. The van der Waals surface area contributed by atoms with Crippen molar-refractivity contribution in [1.29, 1.82) is 0 Å². The van der Waals surface area contributed by atoms with Crippen molar-refractivity contribution < 1.29 is 12.9 Å². The number of nitrogens with one attached hydrogen (secondary N) is 2. The molecule has 0 bridgehead atoms. The topological polar surface area (TPSA) is 84.2 Å². The highest BCUT2D eigenvalue weighted by atomic mass is 32.2. The van der Waals surface area contributed by atoms with Gasteiger partial charge in [-0.25, -0.2) is 8.42 Å². The quantitative estimate of drug-likeness (QED) is 0.846. The third kappa shape index (κ3) is 4.56. The van der Waals surface area contributed by atoms with E-state index in [1.165, 1.54) is 0 Å². The normalized spacial score (nSPS) is 14.5. The lowest BCUT2D eigenvalue weighted by molar-refractivity contribution is 0.389. The molecule has 126 valence electrons. The Bertz CT molecular complexity index is 747. The van der Waals surface area contributed by atoms with E-state index < -0.39 is 10.0 Å². The first-order valence-corrected chi connectivity index (χ1v) is 9.33. The molecule has 2 aromatic rings. The van der Waals surface area contributed by atoms with Gasteiger partial charge in [-0.05, 0) is 45.4 Å². The monoisotopic (exact) mass is 337 g/mol. The van der Waals surface area contributed by atoms with Crippen molar-refractivity contribution in [3.05, 3.63) is 46.8 Å². The molecule has 2 N–H and O–H groups in total. The van der Waals surface area contributed by atoms with Crippen molar-refractivity contribution >= 4 is 15.7 Å². The summed E-state index contributed by atoms with van der Waals surface area (Å²) in [6.45, 7) is 7.97. The van der Waals surface area contributed by atoms with Gasteiger partial charge in [0.05, 0.1) is 11.9 Å². The Labute approximate surface area is 137 Å². The second kappa shape index (κ2) is 6.72. The van der Waals surface area contributed by atoms with E-state index in [1.807, 2.05) is 26.0 Å². The zero-order valence-electron chi connectivity index (χ0n) is 14.0. The molecular weight excluding hydrogens is 314 g/mol. The minimum Gasteiger partial charge on any atom is -0.361 e. The first-order valence-electron chi connectivity index (χ1n) is 7.44. The highest BCUT2D eigenvalue weighted by Crippen LogP contribution is 2.25. The zero-order chi connectivity index (χ0) is 17.2. The summed E-state index contributed by atoms with van der Waals surface area (Å²) in [4.78, 5) is 0. The number of rotatable bonds is 6. The summed E-state index contributed by atoms with van der Waals surface area (Å²) in [6, 6.07) is 7.54. The standard InChI is InChI=1S/C16H23N3O3S/c1-10(17-11(2)16-12(3)18-22-13(16)4)14-6-8-15(9-7-14)19-23(5,20)21/h6-11,17,19H,1-5H3/t10-,11+/m1/s1. The molecule has 0 radical (unpaired) electrons. The molecule has 2 rings (SSSR count). The Balaban J connectivity index is 2.07. The summed E-state index contributed by atoms with van der Waals surface area (Å²) in [6.07, 6.45) is 1.14. The van der Waals surface area contributed by atoms with Crippen LogP contribution in [0.4, 0.5) is 5.69 Å². The first kappa shape index (κ1) is 17.5. The van der Waals surface area contributed by atoms with Gasteiger partial charge in [-0.3, -0.25) is 4.72 Å². The molecule has 0 aliphatic rings. The van der Waals surface area contributed by atoms with Crippen LogP contribution in [0.25, 0.3) is 0 Å². The minimum absolute atomic E-state index is 0.102. The molecule has 0 aliphatic carbocycles. The molecule has 1 aromatic carbocycles. The highest BCUT2D eigenvalue weighted by molar-refractivity contribution is 7.92. The van der Waals surface area contributed by atoms with Gasteiger partial charge in [-0.15, -0.1) is 0 Å². The molecular formula is C16H23N3O3S. The number of aromatic nitrogens is 1. The summed E-state index contributed by atoms with van der Waals surface area (Å²) in [5.74, 6) is 0.822. The number of nitrogens with zero attached hydrogens (tertiary/aromatic N) is 1. The fourth-order valence-corrected chi connectivity index (χ4v) is 3.28. The van der Waals surface area contributed by atoms with Gasteiger partial charge in [-0.1, -0.05) is 17.3 Å². The van der Waals surface area contributed by atoms with Gasteiger partial charge in [0.25, 0.3) is 0 Å². The molecule has 6 nitrogen and oxygen atoms in total. The number of anilines is 1. The number of hydrogen-bond acceptors (Lipinski definition) is 5. The maximum atomic E-state index is 11.2. The van der Waals surface area contributed by atoms with E-state index in [-0.39, 0.29) is 12.1 Å². The van der Waals surface area contributed by atoms with E-state index in [2.05, 4.69) is 29.0 Å². The average Bonchev–Trinajstić information content (AvgIpc) is 2.77. The van der Waals surface area contributed by atoms with Crippen LogP contribution >= 0.6 is 0 Å². The fraction of sp³-hybridized carbons (Fsp3) is 0.438. The maximum Gasteiger partial charge on any atom is 0.229 e. The molecule has 0 fully saturated rings. The van der Waals surface area contributed by atoms with Crippen molar-refractivity contribution in [3.8, 4) is 0 Å². The van der Waals surface area contributed by atoms with Crippen LogP contribution < -0.4 is 10.0 Å². The second-order valence-corrected chi connectivity index (χ2v) is 7.59. The molecule has 0 aliphatic heterocycles. The van der Waals surface area contributed by atoms with Crippen molar-refractivity contribution in [1.82, 2.24) is 10.5 Å². The predicted molar refractivity (Wildman–Crippen MR) is 90.9 cm³/mol. The van der Waals surface area contributed by atoms with E-state index in [9.17, 15) is 8.42 Å². The summed E-state index contributed by atoms with van der Waals surface area (Å²) in [5.41, 5.74) is 3.60.